The van der Waals surface area contributed by atoms with Gasteiger partial charge in [0.1, 0.15) is 5.82 Å². The lowest BCUT2D eigenvalue weighted by Crippen LogP contribution is -2.16. The third-order valence-corrected chi connectivity index (χ3v) is 2.22. The topological polar surface area (TPSA) is 69.6 Å². The molecule has 6 heteroatoms. The van der Waals surface area contributed by atoms with Gasteiger partial charge in [0.2, 0.25) is 0 Å². The summed E-state index contributed by atoms with van der Waals surface area (Å²) in [7, 11) is 1.77. The molecule has 2 aromatic heterocycles. The van der Waals surface area contributed by atoms with Crippen molar-refractivity contribution in [2.45, 2.75) is 12.5 Å². The molecule has 2 rings (SSSR count). The summed E-state index contributed by atoms with van der Waals surface area (Å²) in [6.07, 6.45) is 3.69. The maximum absolute atomic E-state index is 13.4. The molecular formula is C10H12FN5. The van der Waals surface area contributed by atoms with Crippen molar-refractivity contribution in [1.29, 1.82) is 0 Å². The van der Waals surface area contributed by atoms with Crippen molar-refractivity contribution >= 4 is 0 Å². The van der Waals surface area contributed by atoms with E-state index in [9.17, 15) is 4.39 Å². The first-order chi connectivity index (χ1) is 7.66. The lowest BCUT2D eigenvalue weighted by atomic mass is 10.1. The summed E-state index contributed by atoms with van der Waals surface area (Å²) in [4.78, 5) is 3.93. The molecule has 1 atom stereocenters. The number of nitrogens with two attached hydrogens (primary N) is 1. The quantitative estimate of drug-likeness (QED) is 0.823. The Morgan fingerprint density at radius 2 is 2.38 bits per heavy atom. The smallest absolute Gasteiger partial charge is 0.146 e. The number of halogens is 1. The van der Waals surface area contributed by atoms with Gasteiger partial charge >= 0.3 is 0 Å². The standard InChI is InChI=1S/C10H12FN5/c1-16-6-7(14-15-16)5-9(12)10-8(11)3-2-4-13-10/h2-4,6,9H,5,12H2,1H3. The van der Waals surface area contributed by atoms with E-state index >= 15 is 0 Å². The first-order valence-corrected chi connectivity index (χ1v) is 4.88. The first kappa shape index (κ1) is 10.7. The van der Waals surface area contributed by atoms with Crippen LogP contribution >= 0.6 is 0 Å². The number of hydrogen-bond acceptors (Lipinski definition) is 4. The molecule has 0 saturated carbocycles. The van der Waals surface area contributed by atoms with Gasteiger partial charge in [-0.25, -0.2) is 4.39 Å². The van der Waals surface area contributed by atoms with Crippen LogP contribution in [0.2, 0.25) is 0 Å². The second kappa shape index (κ2) is 4.36. The minimum absolute atomic E-state index is 0.258. The zero-order chi connectivity index (χ0) is 11.5. The predicted octanol–water partition coefficient (Wildman–Crippen LogP) is 0.592. The van der Waals surface area contributed by atoms with E-state index in [2.05, 4.69) is 15.3 Å². The van der Waals surface area contributed by atoms with Gasteiger partial charge in [-0.15, -0.1) is 5.10 Å². The van der Waals surface area contributed by atoms with Gasteiger partial charge in [-0.3, -0.25) is 9.67 Å². The molecule has 0 aromatic carbocycles. The Morgan fingerprint density at radius 1 is 1.56 bits per heavy atom. The minimum atomic E-state index is -0.502. The second-order valence-corrected chi connectivity index (χ2v) is 3.56. The maximum Gasteiger partial charge on any atom is 0.146 e. The number of aromatic nitrogens is 4. The van der Waals surface area contributed by atoms with Crippen LogP contribution in [0.3, 0.4) is 0 Å². The lowest BCUT2D eigenvalue weighted by molar-refractivity contribution is 0.561. The number of aryl methyl sites for hydroxylation is 1. The van der Waals surface area contributed by atoms with Gasteiger partial charge in [-0.1, -0.05) is 5.21 Å². The van der Waals surface area contributed by atoms with E-state index < -0.39 is 6.04 Å². The van der Waals surface area contributed by atoms with Crippen molar-refractivity contribution in [3.8, 4) is 0 Å². The molecule has 2 N–H and O–H groups in total. The molecule has 0 bridgehead atoms. The van der Waals surface area contributed by atoms with Crippen LogP contribution in [0.5, 0.6) is 0 Å². The van der Waals surface area contributed by atoms with Gasteiger partial charge in [0.15, 0.2) is 0 Å². The molecule has 0 spiro atoms. The Bertz CT molecular complexity index is 482. The van der Waals surface area contributed by atoms with Gasteiger partial charge in [0.25, 0.3) is 0 Å². The zero-order valence-corrected chi connectivity index (χ0v) is 8.84. The van der Waals surface area contributed by atoms with Crippen LogP contribution in [0.1, 0.15) is 17.4 Å². The van der Waals surface area contributed by atoms with Crippen molar-refractivity contribution in [3.63, 3.8) is 0 Å². The molecule has 1 unspecified atom stereocenters. The fourth-order valence-electron chi connectivity index (χ4n) is 1.48. The van der Waals surface area contributed by atoms with Crippen molar-refractivity contribution in [2.24, 2.45) is 12.8 Å². The molecule has 0 fully saturated rings. The van der Waals surface area contributed by atoms with E-state index in [1.54, 1.807) is 17.9 Å². The molecule has 0 aliphatic heterocycles. The van der Waals surface area contributed by atoms with Gasteiger partial charge in [0, 0.05) is 25.9 Å². The highest BCUT2D eigenvalue weighted by molar-refractivity contribution is 5.13. The SMILES string of the molecule is Cn1cc(CC(N)c2ncccc2F)nn1. The van der Waals surface area contributed by atoms with Crippen LogP contribution in [0.15, 0.2) is 24.5 Å². The predicted molar refractivity (Wildman–Crippen MR) is 55.8 cm³/mol. The Balaban J connectivity index is 2.14. The third kappa shape index (κ3) is 2.22. The van der Waals surface area contributed by atoms with Crippen LogP contribution in [-0.4, -0.2) is 20.0 Å². The highest BCUT2D eigenvalue weighted by Crippen LogP contribution is 2.15. The molecule has 2 aromatic rings. The Morgan fingerprint density at radius 3 is 3.00 bits per heavy atom. The van der Waals surface area contributed by atoms with Crippen molar-refractivity contribution in [2.75, 3.05) is 0 Å². The maximum atomic E-state index is 13.4. The molecule has 0 aliphatic carbocycles. The molecule has 2 heterocycles. The van der Waals surface area contributed by atoms with E-state index in [-0.39, 0.29) is 11.5 Å². The van der Waals surface area contributed by atoms with E-state index in [0.717, 1.165) is 5.69 Å². The van der Waals surface area contributed by atoms with E-state index in [0.29, 0.717) is 6.42 Å². The molecule has 0 saturated heterocycles. The molecule has 0 amide bonds. The Labute approximate surface area is 92.1 Å². The zero-order valence-electron chi connectivity index (χ0n) is 8.84. The van der Waals surface area contributed by atoms with E-state index in [4.69, 9.17) is 5.73 Å². The van der Waals surface area contributed by atoms with E-state index in [1.807, 2.05) is 0 Å². The van der Waals surface area contributed by atoms with Crippen LogP contribution in [0.4, 0.5) is 4.39 Å². The Kier molecular flexibility index (Phi) is 2.91. The second-order valence-electron chi connectivity index (χ2n) is 3.56. The molecular weight excluding hydrogens is 209 g/mol. The lowest BCUT2D eigenvalue weighted by Gasteiger charge is -2.09. The molecule has 0 aliphatic rings. The number of pyridine rings is 1. The van der Waals surface area contributed by atoms with Gasteiger partial charge in [-0.2, -0.15) is 0 Å². The summed E-state index contributed by atoms with van der Waals surface area (Å²) < 4.78 is 14.9. The highest BCUT2D eigenvalue weighted by atomic mass is 19.1. The summed E-state index contributed by atoms with van der Waals surface area (Å²) in [5.74, 6) is -0.390. The highest BCUT2D eigenvalue weighted by Gasteiger charge is 2.14. The van der Waals surface area contributed by atoms with Crippen molar-refractivity contribution in [3.05, 3.63) is 41.7 Å². The van der Waals surface area contributed by atoms with Gasteiger partial charge < -0.3 is 5.73 Å². The minimum Gasteiger partial charge on any atom is -0.322 e. The van der Waals surface area contributed by atoms with Crippen molar-refractivity contribution in [1.82, 2.24) is 20.0 Å². The fraction of sp³-hybridized carbons (Fsp3) is 0.300. The largest absolute Gasteiger partial charge is 0.322 e. The number of rotatable bonds is 3. The summed E-state index contributed by atoms with van der Waals surface area (Å²) in [5.41, 5.74) is 6.84. The molecule has 16 heavy (non-hydrogen) atoms. The summed E-state index contributed by atoms with van der Waals surface area (Å²) >= 11 is 0. The number of nitrogens with zero attached hydrogens (tertiary/aromatic N) is 4. The summed E-state index contributed by atoms with van der Waals surface area (Å²) in [5, 5.41) is 7.68. The van der Waals surface area contributed by atoms with E-state index in [1.165, 1.54) is 18.3 Å². The monoisotopic (exact) mass is 221 g/mol. The third-order valence-electron chi connectivity index (χ3n) is 2.22. The van der Waals surface area contributed by atoms with Crippen molar-refractivity contribution < 1.29 is 4.39 Å². The summed E-state index contributed by atoms with van der Waals surface area (Å²) in [6.45, 7) is 0. The Hall–Kier alpha value is -1.82. The van der Waals surface area contributed by atoms with Gasteiger partial charge in [0.05, 0.1) is 17.4 Å². The van der Waals surface area contributed by atoms with Gasteiger partial charge in [-0.05, 0) is 12.1 Å². The normalized spacial score (nSPS) is 12.7. The average Bonchev–Trinajstić information content (AvgIpc) is 2.64. The summed E-state index contributed by atoms with van der Waals surface area (Å²) in [6, 6.07) is 2.38. The fourth-order valence-corrected chi connectivity index (χ4v) is 1.48. The average molecular weight is 221 g/mol. The van der Waals surface area contributed by atoms with Crippen LogP contribution in [-0.2, 0) is 13.5 Å². The first-order valence-electron chi connectivity index (χ1n) is 4.88. The molecule has 0 radical (unpaired) electrons. The van der Waals surface area contributed by atoms with Crippen LogP contribution < -0.4 is 5.73 Å². The molecule has 5 nitrogen and oxygen atoms in total. The van der Waals surface area contributed by atoms with Crippen LogP contribution in [0.25, 0.3) is 0 Å². The van der Waals surface area contributed by atoms with Crippen LogP contribution in [0, 0.1) is 5.82 Å². The number of hydrogen-bond donors (Lipinski definition) is 1. The molecule has 84 valence electrons.